The fraction of sp³-hybridized carbons (Fsp3) is 0.562. The third-order valence-corrected chi connectivity index (χ3v) is 4.85. The van der Waals surface area contributed by atoms with E-state index < -0.39 is 17.2 Å². The second-order valence-electron chi connectivity index (χ2n) is 6.67. The molecule has 0 saturated heterocycles. The number of benzene rings is 1. The molecule has 2 nitrogen and oxygen atoms in total. The van der Waals surface area contributed by atoms with Crippen molar-refractivity contribution in [1.29, 1.82) is 0 Å². The van der Waals surface area contributed by atoms with E-state index in [0.29, 0.717) is 24.8 Å². The van der Waals surface area contributed by atoms with Gasteiger partial charge in [-0.3, -0.25) is 4.79 Å². The van der Waals surface area contributed by atoms with Gasteiger partial charge in [-0.2, -0.15) is 0 Å². The van der Waals surface area contributed by atoms with E-state index in [2.05, 4.69) is 13.8 Å². The molecule has 1 aliphatic rings. The number of halogens is 2. The van der Waals surface area contributed by atoms with Crippen LogP contribution in [0.1, 0.15) is 45.1 Å². The topological polar surface area (TPSA) is 37.3 Å². The van der Waals surface area contributed by atoms with Crippen LogP contribution in [0.25, 0.3) is 0 Å². The van der Waals surface area contributed by atoms with Crippen LogP contribution in [0.3, 0.4) is 0 Å². The van der Waals surface area contributed by atoms with Crippen molar-refractivity contribution in [2.75, 3.05) is 0 Å². The highest BCUT2D eigenvalue weighted by molar-refractivity contribution is 6.30. The number of rotatable bonds is 3. The van der Waals surface area contributed by atoms with Crippen molar-refractivity contribution >= 4 is 17.6 Å². The Hall–Kier alpha value is -1.09. The Kier molecular flexibility index (Phi) is 4.10. The number of hydrogen-bond acceptors (Lipinski definition) is 1. The van der Waals surface area contributed by atoms with Crippen LogP contribution in [0.15, 0.2) is 18.2 Å². The van der Waals surface area contributed by atoms with Crippen molar-refractivity contribution < 1.29 is 14.3 Å². The standard InChI is InChI=1S/C16H20ClFO2/c1-15(2)5-7-16(8-6-15,14(19)20)10-11-3-4-12(17)13(18)9-11/h3-4,9H,5-8,10H2,1-2H3,(H,19,20). The molecule has 1 fully saturated rings. The molecule has 0 aromatic heterocycles. The van der Waals surface area contributed by atoms with Gasteiger partial charge in [-0.05, 0) is 55.2 Å². The summed E-state index contributed by atoms with van der Waals surface area (Å²) in [7, 11) is 0. The second-order valence-corrected chi connectivity index (χ2v) is 7.08. The van der Waals surface area contributed by atoms with Gasteiger partial charge in [0.05, 0.1) is 10.4 Å². The van der Waals surface area contributed by atoms with Crippen molar-refractivity contribution in [3.63, 3.8) is 0 Å². The zero-order valence-electron chi connectivity index (χ0n) is 11.9. The third-order valence-electron chi connectivity index (χ3n) is 4.54. The average molecular weight is 299 g/mol. The highest BCUT2D eigenvalue weighted by atomic mass is 35.5. The van der Waals surface area contributed by atoms with Crippen molar-refractivity contribution in [1.82, 2.24) is 0 Å². The van der Waals surface area contributed by atoms with E-state index in [-0.39, 0.29) is 10.4 Å². The summed E-state index contributed by atoms with van der Waals surface area (Å²) in [6.07, 6.45) is 3.41. The van der Waals surface area contributed by atoms with Crippen molar-refractivity contribution in [3.05, 3.63) is 34.6 Å². The molecule has 1 N–H and O–H groups in total. The first-order valence-electron chi connectivity index (χ1n) is 6.92. The molecule has 1 aromatic carbocycles. The van der Waals surface area contributed by atoms with Gasteiger partial charge in [0.25, 0.3) is 0 Å². The summed E-state index contributed by atoms with van der Waals surface area (Å²) in [5, 5.41) is 9.70. The van der Waals surface area contributed by atoms with Crippen molar-refractivity contribution in [2.24, 2.45) is 10.8 Å². The first kappa shape index (κ1) is 15.3. The van der Waals surface area contributed by atoms with E-state index in [9.17, 15) is 14.3 Å². The Morgan fingerprint density at radius 1 is 1.30 bits per heavy atom. The summed E-state index contributed by atoms with van der Waals surface area (Å²) in [5.41, 5.74) is 0.133. The molecule has 0 atom stereocenters. The molecule has 0 heterocycles. The van der Waals surface area contributed by atoms with Crippen molar-refractivity contribution in [2.45, 2.75) is 46.0 Å². The molecule has 1 aliphatic carbocycles. The summed E-state index contributed by atoms with van der Waals surface area (Å²) < 4.78 is 13.5. The number of carbonyl (C=O) groups is 1. The van der Waals surface area contributed by atoms with Crippen LogP contribution >= 0.6 is 11.6 Å². The van der Waals surface area contributed by atoms with Crippen LogP contribution in [0.2, 0.25) is 5.02 Å². The maximum Gasteiger partial charge on any atom is 0.309 e. The minimum Gasteiger partial charge on any atom is -0.481 e. The van der Waals surface area contributed by atoms with Gasteiger partial charge in [0.15, 0.2) is 0 Å². The summed E-state index contributed by atoms with van der Waals surface area (Å²) in [5.74, 6) is -1.26. The molecule has 4 heteroatoms. The van der Waals surface area contributed by atoms with Gasteiger partial charge in [-0.15, -0.1) is 0 Å². The molecule has 0 aliphatic heterocycles. The number of carboxylic acids is 1. The van der Waals surface area contributed by atoms with E-state index in [1.54, 1.807) is 6.07 Å². The summed E-state index contributed by atoms with van der Waals surface area (Å²) in [6.45, 7) is 4.33. The Morgan fingerprint density at radius 3 is 2.40 bits per heavy atom. The summed E-state index contributed by atoms with van der Waals surface area (Å²) in [6, 6.07) is 4.57. The van der Waals surface area contributed by atoms with E-state index in [4.69, 9.17) is 11.6 Å². The lowest BCUT2D eigenvalue weighted by Gasteiger charge is -2.41. The number of carboxylic acid groups (broad SMARTS) is 1. The highest BCUT2D eigenvalue weighted by Crippen LogP contribution is 2.47. The third kappa shape index (κ3) is 3.14. The largest absolute Gasteiger partial charge is 0.481 e. The number of aliphatic carboxylic acids is 1. The lowest BCUT2D eigenvalue weighted by molar-refractivity contribution is -0.152. The fourth-order valence-electron chi connectivity index (χ4n) is 2.91. The summed E-state index contributed by atoms with van der Waals surface area (Å²) >= 11 is 5.67. The number of hydrogen-bond donors (Lipinski definition) is 1. The molecular weight excluding hydrogens is 279 g/mol. The maximum absolute atomic E-state index is 13.5. The van der Waals surface area contributed by atoms with Crippen molar-refractivity contribution in [3.8, 4) is 0 Å². The van der Waals surface area contributed by atoms with E-state index >= 15 is 0 Å². The first-order chi connectivity index (χ1) is 9.24. The zero-order valence-corrected chi connectivity index (χ0v) is 12.6. The smallest absolute Gasteiger partial charge is 0.309 e. The van der Waals surface area contributed by atoms with Gasteiger partial charge in [0, 0.05) is 0 Å². The van der Waals surface area contributed by atoms with Crippen LogP contribution in [0.5, 0.6) is 0 Å². The summed E-state index contributed by atoms with van der Waals surface area (Å²) in [4.78, 5) is 11.7. The van der Waals surface area contributed by atoms with Crippen LogP contribution in [-0.2, 0) is 11.2 Å². The minimum atomic E-state index is -0.775. The van der Waals surface area contributed by atoms with E-state index in [0.717, 1.165) is 12.8 Å². The lowest BCUT2D eigenvalue weighted by atomic mass is 9.63. The van der Waals surface area contributed by atoms with Crippen LogP contribution < -0.4 is 0 Å². The predicted molar refractivity (Wildman–Crippen MR) is 77.4 cm³/mol. The molecule has 0 bridgehead atoms. The Labute approximate surface area is 123 Å². The minimum absolute atomic E-state index is 0.0721. The van der Waals surface area contributed by atoms with Gasteiger partial charge in [0.1, 0.15) is 5.82 Å². The molecule has 0 radical (unpaired) electrons. The molecule has 1 aromatic rings. The first-order valence-corrected chi connectivity index (χ1v) is 7.29. The molecule has 110 valence electrons. The van der Waals surface area contributed by atoms with E-state index in [1.165, 1.54) is 12.1 Å². The highest BCUT2D eigenvalue weighted by Gasteiger charge is 2.44. The maximum atomic E-state index is 13.5. The Morgan fingerprint density at radius 2 is 1.90 bits per heavy atom. The van der Waals surface area contributed by atoms with Gasteiger partial charge < -0.3 is 5.11 Å². The fourth-order valence-corrected chi connectivity index (χ4v) is 3.03. The molecule has 20 heavy (non-hydrogen) atoms. The molecule has 0 spiro atoms. The molecule has 0 unspecified atom stereocenters. The average Bonchev–Trinajstić information content (AvgIpc) is 2.36. The SMILES string of the molecule is CC1(C)CCC(Cc2ccc(Cl)c(F)c2)(C(=O)O)CC1. The second kappa shape index (κ2) is 5.36. The van der Waals surface area contributed by atoms with Crippen LogP contribution in [-0.4, -0.2) is 11.1 Å². The lowest BCUT2D eigenvalue weighted by Crippen LogP contribution is -2.39. The van der Waals surface area contributed by atoms with Crippen LogP contribution in [0.4, 0.5) is 4.39 Å². The molecule has 2 rings (SSSR count). The van der Waals surface area contributed by atoms with Crippen LogP contribution in [0, 0.1) is 16.6 Å². The monoisotopic (exact) mass is 298 g/mol. The zero-order chi connectivity index (χ0) is 15.0. The van der Waals surface area contributed by atoms with Gasteiger partial charge >= 0.3 is 5.97 Å². The normalized spacial score (nSPS) is 20.6. The molecular formula is C16H20ClFO2. The molecule has 1 saturated carbocycles. The van der Waals surface area contributed by atoms with Gasteiger partial charge in [0.2, 0.25) is 0 Å². The van der Waals surface area contributed by atoms with E-state index in [1.807, 2.05) is 0 Å². The Balaban J connectivity index is 2.22. The Bertz CT molecular complexity index is 515. The molecule has 0 amide bonds. The van der Waals surface area contributed by atoms with Gasteiger partial charge in [-0.1, -0.05) is 31.5 Å². The quantitative estimate of drug-likeness (QED) is 0.878. The van der Waals surface area contributed by atoms with Gasteiger partial charge in [-0.25, -0.2) is 4.39 Å². The predicted octanol–water partition coefficient (Wildman–Crippen LogP) is 4.69.